The van der Waals surface area contributed by atoms with Gasteiger partial charge in [0.15, 0.2) is 11.5 Å². The summed E-state index contributed by atoms with van der Waals surface area (Å²) in [5.41, 5.74) is 2.69. The molecule has 2 aromatic rings. The lowest BCUT2D eigenvalue weighted by molar-refractivity contribution is 0.296. The Balaban J connectivity index is 1.44. The zero-order valence-corrected chi connectivity index (χ0v) is 16.7. The van der Waals surface area contributed by atoms with Crippen molar-refractivity contribution < 1.29 is 14.2 Å². The van der Waals surface area contributed by atoms with Crippen molar-refractivity contribution in [1.29, 1.82) is 0 Å². The molecule has 0 aromatic heterocycles. The van der Waals surface area contributed by atoms with Crippen LogP contribution in [0.4, 0.5) is 0 Å². The van der Waals surface area contributed by atoms with Gasteiger partial charge < -0.3 is 19.5 Å². The number of ether oxygens (including phenoxy) is 3. The van der Waals surface area contributed by atoms with E-state index >= 15 is 0 Å². The molecule has 4 heteroatoms. The lowest BCUT2D eigenvalue weighted by Crippen LogP contribution is -2.40. The third-order valence-electron chi connectivity index (χ3n) is 5.55. The smallest absolute Gasteiger partial charge is 0.160 e. The van der Waals surface area contributed by atoms with Gasteiger partial charge in [0.05, 0.1) is 21.3 Å². The summed E-state index contributed by atoms with van der Waals surface area (Å²) in [5.74, 6) is 3.28. The molecule has 1 aliphatic heterocycles. The predicted octanol–water partition coefficient (Wildman–Crippen LogP) is 4.26. The van der Waals surface area contributed by atoms with Crippen LogP contribution in [0.3, 0.4) is 0 Å². The minimum atomic E-state index is 0.542. The average molecular weight is 370 g/mol. The first kappa shape index (κ1) is 19.6. The van der Waals surface area contributed by atoms with Gasteiger partial charge in [-0.3, -0.25) is 0 Å². The van der Waals surface area contributed by atoms with Crippen LogP contribution in [0.25, 0.3) is 0 Å². The van der Waals surface area contributed by atoms with Crippen molar-refractivity contribution in [2.75, 3.05) is 27.9 Å². The van der Waals surface area contributed by atoms with Gasteiger partial charge in [0.25, 0.3) is 0 Å². The predicted molar refractivity (Wildman–Crippen MR) is 109 cm³/mol. The first-order valence-electron chi connectivity index (χ1n) is 9.79. The minimum Gasteiger partial charge on any atom is -0.497 e. The van der Waals surface area contributed by atoms with Gasteiger partial charge in [-0.15, -0.1) is 0 Å². The van der Waals surface area contributed by atoms with E-state index in [9.17, 15) is 0 Å². The van der Waals surface area contributed by atoms with Gasteiger partial charge in [-0.2, -0.15) is 0 Å². The highest BCUT2D eigenvalue weighted by Gasteiger charge is 2.21. The summed E-state index contributed by atoms with van der Waals surface area (Å²) >= 11 is 0. The van der Waals surface area contributed by atoms with Crippen molar-refractivity contribution in [3.05, 3.63) is 53.6 Å². The third-order valence-corrected chi connectivity index (χ3v) is 5.55. The lowest BCUT2D eigenvalue weighted by Gasteiger charge is -2.30. The van der Waals surface area contributed by atoms with Crippen LogP contribution >= 0.6 is 0 Å². The highest BCUT2D eigenvalue weighted by molar-refractivity contribution is 5.43. The maximum atomic E-state index is 5.42. The average Bonchev–Trinajstić information content (AvgIpc) is 2.73. The minimum absolute atomic E-state index is 0.542. The summed E-state index contributed by atoms with van der Waals surface area (Å²) in [5, 5.41) is 3.75. The topological polar surface area (TPSA) is 39.7 Å². The van der Waals surface area contributed by atoms with Crippen molar-refractivity contribution in [1.82, 2.24) is 5.32 Å². The Morgan fingerprint density at radius 3 is 2.22 bits per heavy atom. The second-order valence-electron chi connectivity index (χ2n) is 7.33. The normalized spacial score (nSPS) is 19.5. The van der Waals surface area contributed by atoms with Crippen molar-refractivity contribution in [3.63, 3.8) is 0 Å². The molecule has 27 heavy (non-hydrogen) atoms. The van der Waals surface area contributed by atoms with E-state index in [0.717, 1.165) is 42.6 Å². The molecule has 0 aliphatic carbocycles. The van der Waals surface area contributed by atoms with Gasteiger partial charge in [-0.05, 0) is 80.0 Å². The molecule has 1 aliphatic rings. The van der Waals surface area contributed by atoms with E-state index in [0.29, 0.717) is 6.04 Å². The summed E-state index contributed by atoms with van der Waals surface area (Å²) in [6.07, 6.45) is 5.92. The van der Waals surface area contributed by atoms with Gasteiger partial charge in [-0.1, -0.05) is 18.2 Å². The Morgan fingerprint density at radius 2 is 1.59 bits per heavy atom. The van der Waals surface area contributed by atoms with Crippen molar-refractivity contribution in [2.45, 2.75) is 38.1 Å². The molecule has 1 fully saturated rings. The Bertz CT molecular complexity index is 706. The SMILES string of the molecule is COc1ccc(CCC2CCC(Cc3ccc(OC)c(OC)c3)NC2)cc1. The summed E-state index contributed by atoms with van der Waals surface area (Å²) in [6.45, 7) is 1.11. The number of hydrogen-bond donors (Lipinski definition) is 1. The summed E-state index contributed by atoms with van der Waals surface area (Å²) in [7, 11) is 5.07. The molecule has 2 atom stereocenters. The molecule has 1 saturated heterocycles. The first-order chi connectivity index (χ1) is 13.2. The van der Waals surface area contributed by atoms with E-state index in [-0.39, 0.29) is 0 Å². The number of piperidine rings is 1. The second-order valence-corrected chi connectivity index (χ2v) is 7.33. The monoisotopic (exact) mass is 369 g/mol. The van der Waals surface area contributed by atoms with Crippen LogP contribution in [0.2, 0.25) is 0 Å². The second kappa shape index (κ2) is 9.65. The van der Waals surface area contributed by atoms with Crippen LogP contribution in [0, 0.1) is 5.92 Å². The standard InChI is InChI=1S/C23H31NO3/c1-25-21-11-7-17(8-12-21)4-5-18-6-10-20(24-16-18)14-19-9-13-22(26-2)23(15-19)27-3/h7-9,11-13,15,18,20,24H,4-6,10,14,16H2,1-3H3. The van der Waals surface area contributed by atoms with Crippen LogP contribution in [0.15, 0.2) is 42.5 Å². The van der Waals surface area contributed by atoms with Gasteiger partial charge in [0.1, 0.15) is 5.75 Å². The van der Waals surface area contributed by atoms with Crippen LogP contribution < -0.4 is 19.5 Å². The van der Waals surface area contributed by atoms with Crippen LogP contribution in [-0.4, -0.2) is 33.9 Å². The molecule has 0 amide bonds. The van der Waals surface area contributed by atoms with Crippen LogP contribution in [-0.2, 0) is 12.8 Å². The molecular formula is C23H31NO3. The number of aryl methyl sites for hydroxylation is 1. The van der Waals surface area contributed by atoms with E-state index in [2.05, 4.69) is 29.6 Å². The van der Waals surface area contributed by atoms with Crippen molar-refractivity contribution in [2.24, 2.45) is 5.92 Å². The molecule has 0 bridgehead atoms. The van der Waals surface area contributed by atoms with E-state index in [1.807, 2.05) is 18.2 Å². The maximum absolute atomic E-state index is 5.42. The molecule has 1 heterocycles. The van der Waals surface area contributed by atoms with Gasteiger partial charge in [0.2, 0.25) is 0 Å². The van der Waals surface area contributed by atoms with E-state index in [4.69, 9.17) is 14.2 Å². The first-order valence-corrected chi connectivity index (χ1v) is 9.79. The zero-order chi connectivity index (χ0) is 19.1. The Kier molecular flexibility index (Phi) is 6.99. The molecule has 146 valence electrons. The molecule has 1 N–H and O–H groups in total. The fourth-order valence-electron chi connectivity index (χ4n) is 3.85. The maximum Gasteiger partial charge on any atom is 0.160 e. The number of nitrogens with one attached hydrogen (secondary N) is 1. The Hall–Kier alpha value is -2.20. The van der Waals surface area contributed by atoms with Crippen molar-refractivity contribution in [3.8, 4) is 17.2 Å². The molecule has 0 spiro atoms. The van der Waals surface area contributed by atoms with Gasteiger partial charge >= 0.3 is 0 Å². The van der Waals surface area contributed by atoms with E-state index < -0.39 is 0 Å². The lowest BCUT2D eigenvalue weighted by atomic mass is 9.87. The Labute approximate surface area is 162 Å². The molecular weight excluding hydrogens is 338 g/mol. The quantitative estimate of drug-likeness (QED) is 0.755. The van der Waals surface area contributed by atoms with Crippen molar-refractivity contribution >= 4 is 0 Å². The van der Waals surface area contributed by atoms with Gasteiger partial charge in [-0.25, -0.2) is 0 Å². The molecule has 2 aromatic carbocycles. The summed E-state index contributed by atoms with van der Waals surface area (Å²) in [4.78, 5) is 0. The highest BCUT2D eigenvalue weighted by atomic mass is 16.5. The molecule has 2 unspecified atom stereocenters. The number of hydrogen-bond acceptors (Lipinski definition) is 4. The largest absolute Gasteiger partial charge is 0.497 e. The summed E-state index contributed by atoms with van der Waals surface area (Å²) < 4.78 is 16.0. The molecule has 3 rings (SSSR count). The number of benzene rings is 2. The van der Waals surface area contributed by atoms with Crippen LogP contribution in [0.5, 0.6) is 17.2 Å². The highest BCUT2D eigenvalue weighted by Crippen LogP contribution is 2.29. The number of rotatable bonds is 8. The third kappa shape index (κ3) is 5.39. The Morgan fingerprint density at radius 1 is 0.852 bits per heavy atom. The fraction of sp³-hybridized carbons (Fsp3) is 0.478. The van der Waals surface area contributed by atoms with Gasteiger partial charge in [0, 0.05) is 6.04 Å². The summed E-state index contributed by atoms with van der Waals surface area (Å²) in [6, 6.07) is 15.2. The zero-order valence-electron chi connectivity index (χ0n) is 16.7. The number of methoxy groups -OCH3 is 3. The van der Waals surface area contributed by atoms with E-state index in [1.54, 1.807) is 21.3 Å². The molecule has 0 saturated carbocycles. The molecule has 0 radical (unpaired) electrons. The van der Waals surface area contributed by atoms with Crippen LogP contribution in [0.1, 0.15) is 30.4 Å². The fourth-order valence-corrected chi connectivity index (χ4v) is 3.85. The van der Waals surface area contributed by atoms with E-state index in [1.165, 1.54) is 30.4 Å². The molecule has 4 nitrogen and oxygen atoms in total.